The zero-order chi connectivity index (χ0) is 88.2. The number of hydrogen-bond acceptors (Lipinski definition) is 29. The molecule has 22 N–H and O–H groups in total. The molecule has 0 radical (unpaired) electrons. The predicted molar refractivity (Wildman–Crippen MR) is 435 cm³/mol. The number of rotatable bonds is 21. The molecule has 8 amide bonds. The van der Waals surface area contributed by atoms with Gasteiger partial charge in [0.1, 0.15) is 101 Å². The van der Waals surface area contributed by atoms with Gasteiger partial charge in [0.05, 0.1) is 57.8 Å². The zero-order valence-electron chi connectivity index (χ0n) is 65.9. The van der Waals surface area contributed by atoms with Crippen molar-refractivity contribution >= 4 is 99.5 Å². The first kappa shape index (κ1) is 90.6. The molecule has 11 bridgehead atoms. The van der Waals surface area contributed by atoms with Crippen LogP contribution in [0.5, 0.6) is 46.0 Å². The van der Waals surface area contributed by atoms with E-state index in [1.54, 1.807) is 13.0 Å². The number of phenolic OH excluding ortho intramolecular Hbond substituents is 3. The number of aliphatic hydroxyl groups excluding tert-OH is 6. The fourth-order valence-corrected chi connectivity index (χ4v) is 15.6. The fourth-order valence-electron chi connectivity index (χ4n) is 14.9. The smallest absolute Gasteiger partial charge is 0.349 e. The van der Waals surface area contributed by atoms with Crippen LogP contribution in [0.3, 0.4) is 0 Å². The highest BCUT2D eigenvalue weighted by atomic mass is 35.5. The fraction of sp³-hybridized carbons (Fsp3) is 0.400. The Morgan fingerprint density at radius 2 is 1.35 bits per heavy atom. The summed E-state index contributed by atoms with van der Waals surface area (Å²) in [7, 11) is 2.88. The first-order valence-electron chi connectivity index (χ1n) is 38.4. The topological polar surface area (TPSA) is 567 Å². The van der Waals surface area contributed by atoms with Crippen molar-refractivity contribution in [2.45, 2.75) is 169 Å². The molecule has 38 nitrogen and oxygen atoms in total. The second kappa shape index (κ2) is 38.4. The van der Waals surface area contributed by atoms with Gasteiger partial charge < -0.3 is 128 Å². The second-order valence-corrected chi connectivity index (χ2v) is 32.0. The Morgan fingerprint density at radius 1 is 0.697 bits per heavy atom. The summed E-state index contributed by atoms with van der Waals surface area (Å²) in [4.78, 5) is 135. The van der Waals surface area contributed by atoms with Crippen molar-refractivity contribution in [3.8, 4) is 57.1 Å². The number of hydrogen-bond donors (Lipinski definition) is 21. The Balaban J connectivity index is 0.991. The Labute approximate surface area is 715 Å². The number of ether oxygens (including phenoxy) is 6. The molecule has 42 heteroatoms. The summed E-state index contributed by atoms with van der Waals surface area (Å²) in [6.45, 7) is 5.67. The number of amides is 8. The largest absolute Gasteiger partial charge is 0.508 e. The number of aromatic nitrogens is 2. The van der Waals surface area contributed by atoms with Gasteiger partial charge in [-0.15, -0.1) is 0 Å². The summed E-state index contributed by atoms with van der Waals surface area (Å²) in [5.41, 5.74) is 7.88. The molecule has 2 fully saturated rings. The molecule has 18 atom stereocenters. The molecule has 6 aromatic carbocycles. The lowest BCUT2D eigenvalue weighted by atomic mass is 9.85. The number of aliphatic hydroxyl groups is 6. The van der Waals surface area contributed by atoms with Crippen LogP contribution in [0.2, 0.25) is 20.1 Å². The van der Waals surface area contributed by atoms with Gasteiger partial charge >= 0.3 is 5.69 Å². The standard InChI is InChI=1S/C80H90Cl4N14O24/c1-32(2)19-46(86-5)72(110)94-62-64(105)36-9-13-50(44(83)23-36)118-52-25-38-26-53(68(52)122-78-69(67(108)66(107)54(31-99)120-78)121-58-30-80(4,70(109)33(3)117-58)88-16-18-98-17-15-56(91-79(98)116)90-57(104)21-34-7-11-42(81)43(82)20-34)119-51-14-10-37(24-45(51)84)65(106)63-77(115)96-71(97-87-6)41-27-39(100)28-49(102)59(41)40-22-35(8-12-48(40)101)60(74(112)95-63)93-75(113)61(38)92-73(111)47(29-55(85)103)89-76(62)114/h7-15,17,20,22-28,32-33,46-47,54,58,60-67,69-71,78,86-88,97,99-102,105-109H,16,18-19,21,29-31H2,1-6H3,(H2,85,103)(H,89,114)(H,92,111)(H,93,113)(H,94,110)(H,95,112)(H,96,115)(H,90,91,104,116)/t33-,46+,47-,54+,58-,60+,61+,62+,63-,64+,65+,66+,67-,69+,70+,71-,78-,80-/m0/s1. The number of phenols is 3. The number of halogens is 4. The SMILES string of the molecule is CNN[C@@H]1NC(=O)[C@H]2NC(=O)[C@H](NC(=O)[C@@H]3NC(=O)[C@H](CC(N)=O)NC(=O)[C@H](NC(=O)[C@@H](CC(C)C)NC)[C@H](O)c4ccc(c(Cl)c4)Oc4cc3cc(c4O[C@@H]3O[C@H](CO)[C@@H](O)[C@H](O)[C@H]3O[C@H]3C[C@](C)(NCCn4ccc(NC(=O)Cc5ccc(Cl)c(Cl)c5)nc4=O)[C@H](O)[C@H](C)O3)Oc3ccc(cc3Cl)[C@H]2O)c2ccc(O)c(c2)-c2c(O)cc(O)cc21. The van der Waals surface area contributed by atoms with E-state index in [1.807, 2.05) is 13.8 Å². The van der Waals surface area contributed by atoms with Crippen LogP contribution >= 0.6 is 46.4 Å². The predicted octanol–water partition coefficient (Wildman–Crippen LogP) is 2.08. The van der Waals surface area contributed by atoms with Crippen molar-refractivity contribution in [1.82, 2.24) is 62.9 Å². The van der Waals surface area contributed by atoms with E-state index in [9.17, 15) is 69.9 Å². The van der Waals surface area contributed by atoms with Crippen LogP contribution in [0.1, 0.15) is 111 Å². The lowest BCUT2D eigenvalue weighted by Gasteiger charge is -2.48. The van der Waals surface area contributed by atoms with Crippen LogP contribution in [0, 0.1) is 5.92 Å². The monoisotopic (exact) mass is 1770 g/mol. The van der Waals surface area contributed by atoms with Crippen LogP contribution < -0.4 is 84.3 Å². The summed E-state index contributed by atoms with van der Waals surface area (Å²) >= 11 is 26.5. The lowest BCUT2D eigenvalue weighted by Crippen LogP contribution is -2.65. The van der Waals surface area contributed by atoms with Crippen LogP contribution in [0.4, 0.5) is 5.82 Å². The highest BCUT2D eigenvalue weighted by Gasteiger charge is 2.52. The average molecular weight is 1770 g/mol. The third kappa shape index (κ3) is 20.3. The second-order valence-electron chi connectivity index (χ2n) is 30.4. The number of carbonyl (C=O) groups excluding carboxylic acids is 8. The van der Waals surface area contributed by atoms with Crippen molar-refractivity contribution in [3.63, 3.8) is 0 Å². The Hall–Kier alpha value is -10.6. The minimum atomic E-state index is -2.35. The van der Waals surface area contributed by atoms with Crippen molar-refractivity contribution in [1.29, 1.82) is 0 Å². The molecule has 14 rings (SSSR count). The molecular formula is C80H90Cl4N14O24. The number of benzene rings is 6. The quantitative estimate of drug-likeness (QED) is 0.0458. The van der Waals surface area contributed by atoms with E-state index in [4.69, 9.17) is 80.6 Å². The minimum absolute atomic E-state index is 0.0275. The number of nitrogens with zero attached hydrogens (tertiary/aromatic N) is 2. The van der Waals surface area contributed by atoms with Gasteiger partial charge in [-0.05, 0) is 141 Å². The van der Waals surface area contributed by atoms with Crippen molar-refractivity contribution in [2.24, 2.45) is 11.7 Å². The van der Waals surface area contributed by atoms with Crippen LogP contribution in [-0.4, -0.2) is 209 Å². The van der Waals surface area contributed by atoms with E-state index in [1.165, 1.54) is 74.2 Å². The lowest BCUT2D eigenvalue weighted by molar-refractivity contribution is -0.334. The van der Waals surface area contributed by atoms with Gasteiger partial charge in [-0.1, -0.05) is 84.5 Å². The molecule has 652 valence electrons. The summed E-state index contributed by atoms with van der Waals surface area (Å²) in [6.07, 6.45) is -19.4. The molecule has 0 aliphatic carbocycles. The van der Waals surface area contributed by atoms with Crippen LogP contribution in [-0.2, 0) is 65.5 Å². The number of carbonyl (C=O) groups is 8. The van der Waals surface area contributed by atoms with Gasteiger partial charge in [0.15, 0.2) is 23.9 Å². The van der Waals surface area contributed by atoms with Gasteiger partial charge in [0.25, 0.3) is 0 Å². The molecule has 2 saturated heterocycles. The zero-order valence-corrected chi connectivity index (χ0v) is 68.9. The summed E-state index contributed by atoms with van der Waals surface area (Å²) < 4.78 is 40.7. The number of nitrogens with two attached hydrogens (primary N) is 1. The number of aromatic hydroxyl groups is 3. The molecular weight excluding hydrogens is 1680 g/mol. The molecule has 7 aliphatic rings. The van der Waals surface area contributed by atoms with E-state index >= 15 is 19.2 Å². The molecule has 122 heavy (non-hydrogen) atoms. The number of hydrazine groups is 1. The summed E-state index contributed by atoms with van der Waals surface area (Å²) in [5, 5.41) is 130. The van der Waals surface area contributed by atoms with E-state index in [0.717, 1.165) is 54.6 Å². The summed E-state index contributed by atoms with van der Waals surface area (Å²) in [5.74, 6) is -13.8. The average Bonchev–Trinajstić information content (AvgIpc) is 0.774. The molecule has 0 spiro atoms. The number of anilines is 1. The number of fused-ring (bicyclic) bond motifs is 15. The van der Waals surface area contributed by atoms with E-state index in [0.29, 0.717) is 10.6 Å². The molecule has 7 aromatic rings. The van der Waals surface area contributed by atoms with Gasteiger partial charge in [-0.25, -0.2) is 10.2 Å². The number of likely N-dealkylation sites (N-methyl/N-ethyl adjacent to an activating group) is 1. The Bertz CT molecular complexity index is 5230. The maximum Gasteiger partial charge on any atom is 0.349 e. The molecule has 1 aromatic heterocycles. The van der Waals surface area contributed by atoms with Crippen molar-refractivity contribution in [3.05, 3.63) is 173 Å². The highest BCUT2D eigenvalue weighted by molar-refractivity contribution is 6.42. The van der Waals surface area contributed by atoms with Gasteiger partial charge in [0, 0.05) is 54.0 Å². The van der Waals surface area contributed by atoms with E-state index < -0.39 is 220 Å². The third-order valence-electron chi connectivity index (χ3n) is 21.1. The highest BCUT2D eigenvalue weighted by Crippen LogP contribution is 2.50. The third-order valence-corrected chi connectivity index (χ3v) is 22.5. The van der Waals surface area contributed by atoms with Crippen molar-refractivity contribution < 1.29 is 113 Å². The van der Waals surface area contributed by atoms with E-state index in [2.05, 4.69) is 63.7 Å². The maximum atomic E-state index is 16.3. The first-order valence-corrected chi connectivity index (χ1v) is 39.9. The summed E-state index contributed by atoms with van der Waals surface area (Å²) in [6, 6.07) is 8.85. The van der Waals surface area contributed by atoms with Crippen molar-refractivity contribution in [2.75, 3.05) is 32.6 Å². The Morgan fingerprint density at radius 3 is 1.98 bits per heavy atom. The van der Waals surface area contributed by atoms with Crippen LogP contribution in [0.25, 0.3) is 11.1 Å². The van der Waals surface area contributed by atoms with Crippen LogP contribution in [0.15, 0.2) is 114 Å². The number of primary amides is 1. The first-order chi connectivity index (χ1) is 57.9. The maximum absolute atomic E-state index is 16.3. The van der Waals surface area contributed by atoms with Gasteiger partial charge in [-0.2, -0.15) is 4.98 Å². The normalized spacial score (nSPS) is 26.4. The molecule has 8 heterocycles. The molecule has 7 aliphatic heterocycles. The molecule has 0 saturated carbocycles. The molecule has 0 unspecified atom stereocenters. The minimum Gasteiger partial charge on any atom is -0.508 e. The van der Waals surface area contributed by atoms with Gasteiger partial charge in [0.2, 0.25) is 59.3 Å². The number of nitrogens with one attached hydrogen (secondary N) is 11. The Kier molecular flexibility index (Phi) is 28.6. The van der Waals surface area contributed by atoms with Gasteiger partial charge in [-0.3, -0.25) is 48.3 Å². The van der Waals surface area contributed by atoms with E-state index in [-0.39, 0.29) is 99.0 Å².